The number of thioether (sulfide) groups is 1. The summed E-state index contributed by atoms with van der Waals surface area (Å²) in [5.41, 5.74) is 6.49. The van der Waals surface area contributed by atoms with E-state index in [1.165, 1.54) is 40.6 Å². The van der Waals surface area contributed by atoms with E-state index in [1.54, 1.807) is 17.7 Å². The molecule has 1 aliphatic rings. The number of carbonyl (C=O) groups is 1. The van der Waals surface area contributed by atoms with Gasteiger partial charge in [0, 0.05) is 10.6 Å². The molecule has 0 aliphatic heterocycles. The Morgan fingerprint density at radius 3 is 2.73 bits per heavy atom. The highest BCUT2D eigenvalue weighted by atomic mass is 32.2. The summed E-state index contributed by atoms with van der Waals surface area (Å²) < 4.78 is 1.92. The van der Waals surface area contributed by atoms with E-state index in [1.807, 2.05) is 18.2 Å². The SMILES string of the molecule is Cc1cc(C)c(NC(=O)CSc2nnc3c4c5c(sc4ncn23)CCCC5)c(C)c1. The third-order valence-electron chi connectivity index (χ3n) is 5.61. The van der Waals surface area contributed by atoms with Gasteiger partial charge in [0.2, 0.25) is 5.91 Å². The molecular formula is C22H23N5OS2. The summed E-state index contributed by atoms with van der Waals surface area (Å²) in [5, 5.41) is 13.7. The largest absolute Gasteiger partial charge is 0.325 e. The van der Waals surface area contributed by atoms with Gasteiger partial charge in [0.25, 0.3) is 0 Å². The number of thiophene rings is 1. The Labute approximate surface area is 183 Å². The second kappa shape index (κ2) is 7.67. The zero-order valence-corrected chi connectivity index (χ0v) is 18.9. The molecule has 0 saturated heterocycles. The topological polar surface area (TPSA) is 72.2 Å². The lowest BCUT2D eigenvalue weighted by atomic mass is 9.97. The Balaban J connectivity index is 1.38. The Bertz CT molecular complexity index is 1270. The minimum atomic E-state index is -0.0475. The summed E-state index contributed by atoms with van der Waals surface area (Å²) in [4.78, 5) is 19.7. The van der Waals surface area contributed by atoms with Crippen LogP contribution in [0.5, 0.6) is 0 Å². The van der Waals surface area contributed by atoms with Crippen LogP contribution in [0.3, 0.4) is 0 Å². The molecule has 0 unspecified atom stereocenters. The van der Waals surface area contributed by atoms with E-state index in [4.69, 9.17) is 0 Å². The zero-order chi connectivity index (χ0) is 20.8. The molecule has 154 valence electrons. The lowest BCUT2D eigenvalue weighted by molar-refractivity contribution is -0.113. The molecule has 8 heteroatoms. The van der Waals surface area contributed by atoms with Crippen LogP contribution in [-0.2, 0) is 17.6 Å². The average Bonchev–Trinajstić information content (AvgIpc) is 3.29. The third kappa shape index (κ3) is 3.37. The first-order valence-electron chi connectivity index (χ1n) is 10.2. The second-order valence-corrected chi connectivity index (χ2v) is 9.95. The van der Waals surface area contributed by atoms with E-state index in [9.17, 15) is 4.79 Å². The van der Waals surface area contributed by atoms with Gasteiger partial charge in [-0.1, -0.05) is 29.5 Å². The summed E-state index contributed by atoms with van der Waals surface area (Å²) >= 11 is 3.17. The van der Waals surface area contributed by atoms with Crippen molar-refractivity contribution in [3.8, 4) is 0 Å². The van der Waals surface area contributed by atoms with Crippen molar-refractivity contribution in [1.29, 1.82) is 0 Å². The number of benzene rings is 1. The van der Waals surface area contributed by atoms with E-state index in [-0.39, 0.29) is 11.7 Å². The van der Waals surface area contributed by atoms with E-state index < -0.39 is 0 Å². The zero-order valence-electron chi connectivity index (χ0n) is 17.3. The molecule has 1 amide bonds. The van der Waals surface area contributed by atoms with Crippen molar-refractivity contribution in [3.63, 3.8) is 0 Å². The van der Waals surface area contributed by atoms with Gasteiger partial charge < -0.3 is 5.32 Å². The van der Waals surface area contributed by atoms with Gasteiger partial charge in [-0.15, -0.1) is 21.5 Å². The molecule has 1 aliphatic carbocycles. The van der Waals surface area contributed by atoms with Crippen molar-refractivity contribution < 1.29 is 4.79 Å². The van der Waals surface area contributed by atoms with Gasteiger partial charge in [0.15, 0.2) is 10.8 Å². The lowest BCUT2D eigenvalue weighted by Gasteiger charge is -2.12. The maximum Gasteiger partial charge on any atom is 0.234 e. The van der Waals surface area contributed by atoms with Crippen molar-refractivity contribution >= 4 is 50.6 Å². The Morgan fingerprint density at radius 2 is 1.93 bits per heavy atom. The molecule has 0 saturated carbocycles. The van der Waals surface area contributed by atoms with Crippen LogP contribution in [0, 0.1) is 20.8 Å². The van der Waals surface area contributed by atoms with E-state index >= 15 is 0 Å². The number of hydrogen-bond acceptors (Lipinski definition) is 6. The van der Waals surface area contributed by atoms with Crippen LogP contribution in [0.15, 0.2) is 23.6 Å². The van der Waals surface area contributed by atoms with Gasteiger partial charge in [0.1, 0.15) is 11.2 Å². The van der Waals surface area contributed by atoms with E-state index in [2.05, 4.69) is 39.6 Å². The van der Waals surface area contributed by atoms with Crippen LogP contribution >= 0.6 is 23.1 Å². The smallest absolute Gasteiger partial charge is 0.234 e. The molecule has 0 radical (unpaired) electrons. The number of amides is 1. The Hall–Kier alpha value is -2.45. The monoisotopic (exact) mass is 437 g/mol. The summed E-state index contributed by atoms with van der Waals surface area (Å²) in [7, 11) is 0. The predicted molar refractivity (Wildman–Crippen MR) is 123 cm³/mol. The van der Waals surface area contributed by atoms with Gasteiger partial charge in [0.05, 0.1) is 11.1 Å². The van der Waals surface area contributed by atoms with Crippen LogP contribution in [0.4, 0.5) is 5.69 Å². The molecule has 1 N–H and O–H groups in total. The maximum atomic E-state index is 12.6. The fraction of sp³-hybridized carbons (Fsp3) is 0.364. The highest BCUT2D eigenvalue weighted by molar-refractivity contribution is 7.99. The number of anilines is 1. The molecule has 6 nitrogen and oxygen atoms in total. The fourth-order valence-electron chi connectivity index (χ4n) is 4.32. The number of nitrogens with zero attached hydrogens (tertiary/aromatic N) is 4. The molecule has 3 heterocycles. The van der Waals surface area contributed by atoms with Crippen LogP contribution in [-0.4, -0.2) is 31.2 Å². The predicted octanol–water partition coefficient (Wildman–Crippen LogP) is 4.87. The standard InChI is InChI=1S/C22H23N5OS2/c1-12-8-13(2)19(14(3)9-12)24-17(28)10-29-22-26-25-20-18-15-6-4-5-7-16(15)30-21(18)23-11-27(20)22/h8-9,11H,4-7,10H2,1-3H3,(H,24,28). The molecular weight excluding hydrogens is 414 g/mol. The molecule has 1 aromatic carbocycles. The van der Waals surface area contributed by atoms with Gasteiger partial charge in [-0.3, -0.25) is 9.20 Å². The van der Waals surface area contributed by atoms with Gasteiger partial charge >= 0.3 is 0 Å². The van der Waals surface area contributed by atoms with Crippen LogP contribution in [0.1, 0.15) is 40.0 Å². The molecule has 0 bridgehead atoms. The maximum absolute atomic E-state index is 12.6. The van der Waals surface area contributed by atoms with Crippen molar-refractivity contribution in [2.24, 2.45) is 0 Å². The second-order valence-electron chi connectivity index (χ2n) is 7.92. The third-order valence-corrected chi connectivity index (χ3v) is 7.75. The number of aromatic nitrogens is 4. The average molecular weight is 438 g/mol. The molecule has 3 aromatic heterocycles. The first-order chi connectivity index (χ1) is 14.5. The molecule has 30 heavy (non-hydrogen) atoms. The van der Waals surface area contributed by atoms with Crippen molar-refractivity contribution in [1.82, 2.24) is 19.6 Å². The number of rotatable bonds is 4. The van der Waals surface area contributed by atoms with Crippen molar-refractivity contribution in [2.45, 2.75) is 51.6 Å². The summed E-state index contributed by atoms with van der Waals surface area (Å²) in [6, 6.07) is 4.17. The van der Waals surface area contributed by atoms with Crippen LogP contribution in [0.2, 0.25) is 0 Å². The minimum absolute atomic E-state index is 0.0475. The fourth-order valence-corrected chi connectivity index (χ4v) is 6.24. The van der Waals surface area contributed by atoms with Crippen molar-refractivity contribution in [2.75, 3.05) is 11.1 Å². The molecule has 5 rings (SSSR count). The van der Waals surface area contributed by atoms with Gasteiger partial charge in [-0.2, -0.15) is 0 Å². The summed E-state index contributed by atoms with van der Waals surface area (Å²) in [5.74, 6) is 0.224. The number of nitrogens with one attached hydrogen (secondary N) is 1. The van der Waals surface area contributed by atoms with Crippen LogP contribution in [0.25, 0.3) is 15.9 Å². The Kier molecular flexibility index (Phi) is 4.99. The first kappa shape index (κ1) is 19.5. The molecule has 4 aromatic rings. The highest BCUT2D eigenvalue weighted by Gasteiger charge is 2.21. The van der Waals surface area contributed by atoms with E-state index in [0.717, 1.165) is 45.5 Å². The minimum Gasteiger partial charge on any atom is -0.325 e. The molecule has 0 spiro atoms. The first-order valence-corrected chi connectivity index (χ1v) is 12.0. The van der Waals surface area contributed by atoms with Crippen molar-refractivity contribution in [3.05, 3.63) is 45.6 Å². The van der Waals surface area contributed by atoms with E-state index in [0.29, 0.717) is 5.16 Å². The highest BCUT2D eigenvalue weighted by Crippen LogP contribution is 2.37. The normalized spacial score (nSPS) is 13.7. The quantitative estimate of drug-likeness (QED) is 0.461. The van der Waals surface area contributed by atoms with Gasteiger partial charge in [-0.05, 0) is 63.1 Å². The molecule has 0 fully saturated rings. The summed E-state index contributed by atoms with van der Waals surface area (Å²) in [6.07, 6.45) is 6.47. The van der Waals surface area contributed by atoms with Crippen LogP contribution < -0.4 is 5.32 Å². The number of fused-ring (bicyclic) bond motifs is 5. The number of carbonyl (C=O) groups excluding carboxylic acids is 1. The lowest BCUT2D eigenvalue weighted by Crippen LogP contribution is -2.16. The van der Waals surface area contributed by atoms with Gasteiger partial charge in [-0.25, -0.2) is 4.98 Å². The Morgan fingerprint density at radius 1 is 1.17 bits per heavy atom. The molecule has 0 atom stereocenters. The number of aryl methyl sites for hydroxylation is 5. The summed E-state index contributed by atoms with van der Waals surface area (Å²) in [6.45, 7) is 6.11. The number of hydrogen-bond donors (Lipinski definition) is 1.